The molecule has 4 nitrogen and oxygen atoms in total. The third kappa shape index (κ3) is 4.91. The van der Waals surface area contributed by atoms with Crippen LogP contribution in [0, 0.1) is 5.82 Å². The maximum absolute atomic E-state index is 13.3. The van der Waals surface area contributed by atoms with Crippen molar-refractivity contribution in [1.82, 2.24) is 4.72 Å². The molecule has 0 aliphatic carbocycles. The van der Waals surface area contributed by atoms with Gasteiger partial charge in [0.15, 0.2) is 0 Å². The van der Waals surface area contributed by atoms with Crippen LogP contribution < -0.4 is 4.72 Å². The van der Waals surface area contributed by atoms with Crippen molar-refractivity contribution >= 4 is 21.6 Å². The summed E-state index contributed by atoms with van der Waals surface area (Å²) in [5.41, 5.74) is 0.312. The first kappa shape index (κ1) is 16.1. The smallest absolute Gasteiger partial charge is 0.212 e. The quantitative estimate of drug-likeness (QED) is 0.757. The van der Waals surface area contributed by atoms with E-state index in [1.807, 2.05) is 0 Å². The molecule has 1 atom stereocenters. The van der Waals surface area contributed by atoms with Crippen molar-refractivity contribution < 1.29 is 17.9 Å². The molecule has 0 bridgehead atoms. The van der Waals surface area contributed by atoms with E-state index >= 15 is 0 Å². The molecule has 106 valence electrons. The van der Waals surface area contributed by atoms with E-state index in [4.69, 9.17) is 11.6 Å². The number of sulfonamides is 1. The molecule has 1 aromatic carbocycles. The molecule has 7 heteroatoms. The fourth-order valence-corrected chi connectivity index (χ4v) is 2.81. The van der Waals surface area contributed by atoms with E-state index in [9.17, 15) is 17.9 Å². The van der Waals surface area contributed by atoms with Crippen molar-refractivity contribution in [2.45, 2.75) is 12.5 Å². The number of nitrogens with one attached hydrogen (secondary N) is 1. The summed E-state index contributed by atoms with van der Waals surface area (Å²) in [4.78, 5) is 0. The maximum Gasteiger partial charge on any atom is 0.212 e. The molecule has 0 spiro atoms. The first-order chi connectivity index (χ1) is 8.89. The summed E-state index contributed by atoms with van der Waals surface area (Å²) in [5, 5.41) is 9.17. The average molecular weight is 308 g/mol. The monoisotopic (exact) mass is 307 g/mol. The van der Waals surface area contributed by atoms with Gasteiger partial charge in [-0.15, -0.1) is 6.58 Å². The molecular weight excluding hydrogens is 293 g/mol. The maximum atomic E-state index is 13.3. The minimum absolute atomic E-state index is 0.0602. The highest BCUT2D eigenvalue weighted by Crippen LogP contribution is 2.20. The first-order valence-corrected chi connectivity index (χ1v) is 7.59. The third-order valence-electron chi connectivity index (χ3n) is 2.44. The van der Waals surface area contributed by atoms with E-state index in [2.05, 4.69) is 11.3 Å². The van der Waals surface area contributed by atoms with E-state index in [1.54, 1.807) is 0 Å². The summed E-state index contributed by atoms with van der Waals surface area (Å²) < 4.78 is 39.0. The van der Waals surface area contributed by atoms with Gasteiger partial charge >= 0.3 is 0 Å². The van der Waals surface area contributed by atoms with E-state index in [-0.39, 0.29) is 10.8 Å². The van der Waals surface area contributed by atoms with Gasteiger partial charge in [-0.2, -0.15) is 0 Å². The standard InChI is InChI=1S/C12H15ClFNO3S/c1-2-3-6-19(17,18)15-12(8-16)9-4-5-10(13)11(14)7-9/h2,4-5,7,12,15-16H,1,3,6,8H2. The molecule has 19 heavy (non-hydrogen) atoms. The van der Waals surface area contributed by atoms with Gasteiger partial charge in [-0.3, -0.25) is 0 Å². The van der Waals surface area contributed by atoms with Crippen LogP contribution in [0.1, 0.15) is 18.0 Å². The highest BCUT2D eigenvalue weighted by atomic mass is 35.5. The van der Waals surface area contributed by atoms with Gasteiger partial charge < -0.3 is 5.11 Å². The normalized spacial score (nSPS) is 13.2. The van der Waals surface area contributed by atoms with Crippen LogP contribution in [0.2, 0.25) is 5.02 Å². The first-order valence-electron chi connectivity index (χ1n) is 5.56. The number of hydrogen-bond acceptors (Lipinski definition) is 3. The Balaban J connectivity index is 2.88. The van der Waals surface area contributed by atoms with Gasteiger partial charge in [-0.05, 0) is 24.1 Å². The highest BCUT2D eigenvalue weighted by molar-refractivity contribution is 7.89. The van der Waals surface area contributed by atoms with Gasteiger partial charge in [0.2, 0.25) is 10.0 Å². The summed E-state index contributed by atoms with van der Waals surface area (Å²) in [6, 6.07) is 2.97. The van der Waals surface area contributed by atoms with Crippen molar-refractivity contribution in [2.24, 2.45) is 0 Å². The zero-order valence-corrected chi connectivity index (χ0v) is 11.7. The Morgan fingerprint density at radius 3 is 2.74 bits per heavy atom. The molecule has 0 aliphatic heterocycles. The van der Waals surface area contributed by atoms with E-state index in [0.717, 1.165) is 6.07 Å². The van der Waals surface area contributed by atoms with Crippen LogP contribution in [-0.4, -0.2) is 25.9 Å². The van der Waals surface area contributed by atoms with Crippen molar-refractivity contribution in [3.8, 4) is 0 Å². The van der Waals surface area contributed by atoms with Gasteiger partial charge in [0.25, 0.3) is 0 Å². The SMILES string of the molecule is C=CCCS(=O)(=O)NC(CO)c1ccc(Cl)c(F)c1. The minimum atomic E-state index is -3.56. The van der Waals surface area contributed by atoms with Gasteiger partial charge in [0.05, 0.1) is 23.4 Å². The summed E-state index contributed by atoms with van der Waals surface area (Å²) in [5.74, 6) is -0.800. The van der Waals surface area contributed by atoms with Crippen molar-refractivity contribution in [2.75, 3.05) is 12.4 Å². The van der Waals surface area contributed by atoms with Crippen molar-refractivity contribution in [3.05, 3.63) is 47.3 Å². The Kier molecular flexibility index (Phi) is 5.93. The fourth-order valence-electron chi connectivity index (χ4n) is 1.45. The topological polar surface area (TPSA) is 66.4 Å². The van der Waals surface area contributed by atoms with Crippen LogP contribution in [0.3, 0.4) is 0 Å². The van der Waals surface area contributed by atoms with Gasteiger partial charge in [-0.25, -0.2) is 17.5 Å². The average Bonchev–Trinajstić information content (AvgIpc) is 2.37. The second-order valence-electron chi connectivity index (χ2n) is 3.92. The molecule has 0 radical (unpaired) electrons. The number of rotatable bonds is 7. The molecule has 0 saturated heterocycles. The zero-order valence-electron chi connectivity index (χ0n) is 10.1. The summed E-state index contributed by atoms with van der Waals surface area (Å²) >= 11 is 5.54. The van der Waals surface area contributed by atoms with Gasteiger partial charge in [0.1, 0.15) is 5.82 Å². The lowest BCUT2D eigenvalue weighted by molar-refractivity contribution is 0.258. The molecule has 0 saturated carbocycles. The van der Waals surface area contributed by atoms with Crippen molar-refractivity contribution in [3.63, 3.8) is 0 Å². The Hall–Kier alpha value is -0.950. The lowest BCUT2D eigenvalue weighted by Gasteiger charge is -2.17. The minimum Gasteiger partial charge on any atom is -0.394 e. The van der Waals surface area contributed by atoms with E-state index < -0.39 is 28.5 Å². The fraction of sp³-hybridized carbons (Fsp3) is 0.333. The largest absolute Gasteiger partial charge is 0.394 e. The van der Waals surface area contributed by atoms with Crippen LogP contribution in [-0.2, 0) is 10.0 Å². The van der Waals surface area contributed by atoms with Crippen LogP contribution >= 0.6 is 11.6 Å². The molecule has 0 aliphatic rings. The number of allylic oxidation sites excluding steroid dienone is 1. The second kappa shape index (κ2) is 7.00. The lowest BCUT2D eigenvalue weighted by atomic mass is 10.1. The lowest BCUT2D eigenvalue weighted by Crippen LogP contribution is -2.32. The van der Waals surface area contributed by atoms with Gasteiger partial charge in [0, 0.05) is 0 Å². The number of halogens is 2. The molecule has 0 heterocycles. The molecule has 1 unspecified atom stereocenters. The Morgan fingerprint density at radius 2 is 2.21 bits per heavy atom. The Labute approximate surface area is 117 Å². The van der Waals surface area contributed by atoms with Gasteiger partial charge in [-0.1, -0.05) is 23.7 Å². The summed E-state index contributed by atoms with van der Waals surface area (Å²) in [6.07, 6.45) is 1.78. The summed E-state index contributed by atoms with van der Waals surface area (Å²) in [7, 11) is -3.56. The number of aliphatic hydroxyl groups is 1. The predicted molar refractivity (Wildman–Crippen MR) is 73.0 cm³/mol. The van der Waals surface area contributed by atoms with Crippen LogP contribution in [0.4, 0.5) is 4.39 Å². The number of aliphatic hydroxyl groups excluding tert-OH is 1. The molecule has 0 amide bonds. The Morgan fingerprint density at radius 1 is 1.53 bits per heavy atom. The molecular formula is C12H15ClFNO3S. The number of hydrogen-bond donors (Lipinski definition) is 2. The number of benzene rings is 1. The molecule has 1 rings (SSSR count). The van der Waals surface area contributed by atoms with Crippen LogP contribution in [0.15, 0.2) is 30.9 Å². The molecule has 1 aromatic rings. The highest BCUT2D eigenvalue weighted by Gasteiger charge is 2.19. The van der Waals surface area contributed by atoms with Crippen LogP contribution in [0.5, 0.6) is 0 Å². The second-order valence-corrected chi connectivity index (χ2v) is 6.20. The summed E-state index contributed by atoms with van der Waals surface area (Å²) in [6.45, 7) is 2.96. The van der Waals surface area contributed by atoms with Crippen LogP contribution in [0.25, 0.3) is 0 Å². The van der Waals surface area contributed by atoms with E-state index in [0.29, 0.717) is 12.0 Å². The van der Waals surface area contributed by atoms with E-state index in [1.165, 1.54) is 18.2 Å². The Bertz CT molecular complexity index is 548. The molecule has 0 fully saturated rings. The molecule has 2 N–H and O–H groups in total. The zero-order chi connectivity index (χ0) is 14.5. The predicted octanol–water partition coefficient (Wildman–Crippen LogP) is 2.01. The third-order valence-corrected chi connectivity index (χ3v) is 4.16. The molecule has 0 aromatic heterocycles. The van der Waals surface area contributed by atoms with Crippen molar-refractivity contribution in [1.29, 1.82) is 0 Å².